The minimum absolute atomic E-state index is 0.113. The van der Waals surface area contributed by atoms with Crippen molar-refractivity contribution in [1.29, 1.82) is 0 Å². The Hall–Kier alpha value is -3.73. The van der Waals surface area contributed by atoms with Gasteiger partial charge in [0.1, 0.15) is 11.5 Å². The number of benzene rings is 3. The van der Waals surface area contributed by atoms with Crippen LogP contribution in [0.3, 0.4) is 0 Å². The molecule has 0 saturated heterocycles. The van der Waals surface area contributed by atoms with E-state index in [9.17, 15) is 4.79 Å². The molecule has 1 aliphatic heterocycles. The van der Waals surface area contributed by atoms with Gasteiger partial charge in [0.25, 0.3) is 0 Å². The molecular formula is C30H32N2O3. The average molecular weight is 469 g/mol. The minimum Gasteiger partial charge on any atom is -0.494 e. The molecule has 5 rings (SSSR count). The number of hydrogen-bond donors (Lipinski definition) is 2. The van der Waals surface area contributed by atoms with Crippen LogP contribution in [0, 0.1) is 0 Å². The fourth-order valence-electron chi connectivity index (χ4n) is 5.02. The van der Waals surface area contributed by atoms with E-state index in [1.165, 1.54) is 0 Å². The van der Waals surface area contributed by atoms with Gasteiger partial charge in [-0.25, -0.2) is 0 Å². The third kappa shape index (κ3) is 4.76. The van der Waals surface area contributed by atoms with E-state index in [2.05, 4.69) is 41.8 Å². The van der Waals surface area contributed by atoms with Gasteiger partial charge < -0.3 is 20.1 Å². The fourth-order valence-corrected chi connectivity index (χ4v) is 5.02. The van der Waals surface area contributed by atoms with Crippen molar-refractivity contribution in [3.63, 3.8) is 0 Å². The van der Waals surface area contributed by atoms with Crippen molar-refractivity contribution in [2.45, 2.75) is 45.1 Å². The molecule has 0 spiro atoms. The van der Waals surface area contributed by atoms with Crippen LogP contribution in [0.1, 0.15) is 56.2 Å². The first kappa shape index (κ1) is 23.0. The van der Waals surface area contributed by atoms with Gasteiger partial charge in [0.05, 0.1) is 30.6 Å². The zero-order valence-electron chi connectivity index (χ0n) is 20.3. The average Bonchev–Trinajstić information content (AvgIpc) is 3.05. The topological polar surface area (TPSA) is 59.6 Å². The van der Waals surface area contributed by atoms with Gasteiger partial charge in [-0.1, -0.05) is 49.4 Å². The van der Waals surface area contributed by atoms with Crippen LogP contribution < -0.4 is 20.1 Å². The van der Waals surface area contributed by atoms with Crippen molar-refractivity contribution < 1.29 is 14.3 Å². The summed E-state index contributed by atoms with van der Waals surface area (Å²) in [5.41, 5.74) is 5.86. The maximum Gasteiger partial charge on any atom is 0.163 e. The lowest BCUT2D eigenvalue weighted by Crippen LogP contribution is -2.27. The molecule has 0 aromatic heterocycles. The Bertz CT molecular complexity index is 1230. The molecule has 0 radical (unpaired) electrons. The Kier molecular flexibility index (Phi) is 6.75. The second kappa shape index (κ2) is 10.3. The normalized spacial score (nSPS) is 19.1. The number of carbonyl (C=O) groups excluding carboxylic acids is 1. The molecule has 35 heavy (non-hydrogen) atoms. The van der Waals surface area contributed by atoms with Crippen LogP contribution in [0.15, 0.2) is 84.1 Å². The summed E-state index contributed by atoms with van der Waals surface area (Å²) in [5.74, 6) is 1.95. The molecule has 3 aromatic rings. The summed E-state index contributed by atoms with van der Waals surface area (Å²) in [7, 11) is 0. The highest BCUT2D eigenvalue weighted by atomic mass is 16.5. The van der Waals surface area contributed by atoms with Crippen molar-refractivity contribution in [1.82, 2.24) is 0 Å². The van der Waals surface area contributed by atoms with Crippen LogP contribution in [0.4, 0.5) is 11.4 Å². The van der Waals surface area contributed by atoms with E-state index in [0.717, 1.165) is 58.1 Å². The van der Waals surface area contributed by atoms with Crippen LogP contribution in [-0.4, -0.2) is 19.0 Å². The second-order valence-corrected chi connectivity index (χ2v) is 9.06. The highest BCUT2D eigenvalue weighted by Gasteiger charge is 2.37. The number of ether oxygens (including phenoxy) is 2. The van der Waals surface area contributed by atoms with Crippen LogP contribution in [-0.2, 0) is 4.79 Å². The predicted molar refractivity (Wildman–Crippen MR) is 140 cm³/mol. The van der Waals surface area contributed by atoms with E-state index < -0.39 is 0 Å². The van der Waals surface area contributed by atoms with Crippen LogP contribution in [0.25, 0.3) is 0 Å². The van der Waals surface area contributed by atoms with Gasteiger partial charge in [-0.15, -0.1) is 0 Å². The number of para-hydroxylation sites is 3. The predicted octanol–water partition coefficient (Wildman–Crippen LogP) is 6.85. The first-order chi connectivity index (χ1) is 17.2. The fraction of sp³-hybridized carbons (Fsp3) is 0.300. The number of nitrogens with one attached hydrogen (secondary N) is 2. The molecule has 1 aliphatic carbocycles. The van der Waals surface area contributed by atoms with E-state index >= 15 is 0 Å². The maximum absolute atomic E-state index is 13.8. The van der Waals surface area contributed by atoms with Gasteiger partial charge in [-0.2, -0.15) is 0 Å². The maximum atomic E-state index is 13.8. The molecule has 5 heteroatoms. The highest BCUT2D eigenvalue weighted by molar-refractivity contribution is 6.01. The van der Waals surface area contributed by atoms with Crippen LogP contribution >= 0.6 is 0 Å². The molecule has 5 nitrogen and oxygen atoms in total. The smallest absolute Gasteiger partial charge is 0.163 e. The third-order valence-electron chi connectivity index (χ3n) is 6.66. The van der Waals surface area contributed by atoms with Crippen LogP contribution in [0.5, 0.6) is 11.5 Å². The first-order valence-electron chi connectivity index (χ1n) is 12.5. The molecule has 2 aliphatic rings. The molecular weight excluding hydrogens is 436 g/mol. The highest BCUT2D eigenvalue weighted by Crippen LogP contribution is 2.45. The van der Waals surface area contributed by atoms with E-state index in [1.807, 2.05) is 55.5 Å². The molecule has 2 N–H and O–H groups in total. The summed E-state index contributed by atoms with van der Waals surface area (Å²) in [4.78, 5) is 13.8. The number of allylic oxidation sites excluding steroid dienone is 1. The number of carbonyl (C=O) groups is 1. The number of ketones is 1. The SMILES string of the molecule is CCCOc1ccc(C2CC(=O)C3=C(C2)Nc2ccccc2NC3c2ccccc2OCC)cc1. The molecule has 3 aromatic carbocycles. The molecule has 180 valence electrons. The molecule has 0 bridgehead atoms. The Labute approximate surface area is 207 Å². The molecule has 1 heterocycles. The van der Waals surface area contributed by atoms with Gasteiger partial charge in [-0.3, -0.25) is 4.79 Å². The molecule has 0 fully saturated rings. The zero-order valence-corrected chi connectivity index (χ0v) is 20.3. The standard InChI is InChI=1S/C30H32N2O3/c1-3-17-35-22-15-13-20(14-16-22)21-18-26-29(27(33)19-21)30(23-9-5-8-12-28(23)34-4-2)32-25-11-7-6-10-24(25)31-26/h5-16,21,30-32H,3-4,17-19H2,1-2H3. The number of hydrogen-bond acceptors (Lipinski definition) is 5. The van der Waals surface area contributed by atoms with Gasteiger partial charge in [-0.05, 0) is 61.6 Å². The summed E-state index contributed by atoms with van der Waals surface area (Å²) < 4.78 is 11.7. The molecule has 2 atom stereocenters. The third-order valence-corrected chi connectivity index (χ3v) is 6.66. The van der Waals surface area contributed by atoms with Gasteiger partial charge in [0, 0.05) is 23.3 Å². The van der Waals surface area contributed by atoms with E-state index in [1.54, 1.807) is 0 Å². The lowest BCUT2D eigenvalue weighted by atomic mass is 9.78. The van der Waals surface area contributed by atoms with E-state index in [0.29, 0.717) is 19.6 Å². The van der Waals surface area contributed by atoms with Gasteiger partial charge in [0.2, 0.25) is 0 Å². The minimum atomic E-state index is -0.290. The van der Waals surface area contributed by atoms with Crippen molar-refractivity contribution in [3.05, 3.63) is 95.2 Å². The lowest BCUT2D eigenvalue weighted by Gasteiger charge is -2.30. The number of anilines is 2. The van der Waals surface area contributed by atoms with E-state index in [4.69, 9.17) is 9.47 Å². The van der Waals surface area contributed by atoms with E-state index in [-0.39, 0.29) is 17.7 Å². The summed E-state index contributed by atoms with van der Waals surface area (Å²) in [6.45, 7) is 5.35. The largest absolute Gasteiger partial charge is 0.494 e. The monoisotopic (exact) mass is 468 g/mol. The summed E-state index contributed by atoms with van der Waals surface area (Å²) in [6, 6.07) is 24.1. The Balaban J connectivity index is 1.53. The number of fused-ring (bicyclic) bond motifs is 1. The summed E-state index contributed by atoms with van der Waals surface area (Å²) in [5, 5.41) is 7.26. The summed E-state index contributed by atoms with van der Waals surface area (Å²) in [6.07, 6.45) is 2.21. The van der Waals surface area contributed by atoms with Gasteiger partial charge in [0.15, 0.2) is 5.78 Å². The molecule has 0 amide bonds. The van der Waals surface area contributed by atoms with Crippen molar-refractivity contribution >= 4 is 17.2 Å². The second-order valence-electron chi connectivity index (χ2n) is 9.06. The number of Topliss-reactive ketones (excluding diaryl/α,β-unsaturated/α-hetero) is 1. The summed E-state index contributed by atoms with van der Waals surface area (Å²) >= 11 is 0. The lowest BCUT2D eigenvalue weighted by molar-refractivity contribution is -0.116. The molecule has 0 saturated carbocycles. The number of rotatable bonds is 7. The molecule has 2 unspecified atom stereocenters. The first-order valence-corrected chi connectivity index (χ1v) is 12.5. The van der Waals surface area contributed by atoms with Gasteiger partial charge >= 0.3 is 0 Å². The van der Waals surface area contributed by atoms with Crippen LogP contribution in [0.2, 0.25) is 0 Å². The quantitative estimate of drug-likeness (QED) is 0.397. The zero-order chi connectivity index (χ0) is 24.2. The van der Waals surface area contributed by atoms with Crippen molar-refractivity contribution in [2.24, 2.45) is 0 Å². The Morgan fingerprint density at radius 3 is 2.37 bits per heavy atom. The Morgan fingerprint density at radius 2 is 1.60 bits per heavy atom. The Morgan fingerprint density at radius 1 is 0.857 bits per heavy atom. The van der Waals surface area contributed by atoms with Crippen molar-refractivity contribution in [3.8, 4) is 11.5 Å². The van der Waals surface area contributed by atoms with Crippen molar-refractivity contribution in [2.75, 3.05) is 23.8 Å².